The summed E-state index contributed by atoms with van der Waals surface area (Å²) in [5.74, 6) is -2.56. The second-order valence-electron chi connectivity index (χ2n) is 7.89. The molecule has 2 amide bonds. The summed E-state index contributed by atoms with van der Waals surface area (Å²) in [6, 6.07) is 4.24. The largest absolute Gasteiger partial charge is 0.344 e. The van der Waals surface area contributed by atoms with E-state index in [4.69, 9.17) is 4.84 Å². The van der Waals surface area contributed by atoms with Gasteiger partial charge in [0.15, 0.2) is 0 Å². The van der Waals surface area contributed by atoms with Crippen LogP contribution in [-0.2, 0) is 16.7 Å². The molecule has 2 rings (SSSR count). The van der Waals surface area contributed by atoms with E-state index in [2.05, 4.69) is 10.8 Å². The maximum atomic E-state index is 13.4. The van der Waals surface area contributed by atoms with Crippen LogP contribution in [0.3, 0.4) is 0 Å². The Hall–Kier alpha value is -3.00. The van der Waals surface area contributed by atoms with Crippen LogP contribution in [0.1, 0.15) is 58.4 Å². The van der Waals surface area contributed by atoms with Gasteiger partial charge in [-0.1, -0.05) is 0 Å². The van der Waals surface area contributed by atoms with Crippen molar-refractivity contribution in [3.05, 3.63) is 52.1 Å². The smallest absolute Gasteiger partial charge is 0.317 e. The Morgan fingerprint density at radius 1 is 1.10 bits per heavy atom. The molecule has 29 heavy (non-hydrogen) atoms. The highest BCUT2D eigenvalue weighted by molar-refractivity contribution is 6.42. The number of hydrogen-bond acceptors (Lipinski definition) is 4. The maximum absolute atomic E-state index is 13.4. The SMILES string of the molecule is Cc1cc(NC(=O)c2c(C)c(C(=O)C(=O)NOC(C)(C)C)n(C)c2C)ccc1F. The van der Waals surface area contributed by atoms with Gasteiger partial charge in [-0.05, 0) is 70.9 Å². The highest BCUT2D eigenvalue weighted by Crippen LogP contribution is 2.24. The van der Waals surface area contributed by atoms with Crippen LogP contribution in [0.25, 0.3) is 0 Å². The lowest BCUT2D eigenvalue weighted by Crippen LogP contribution is -2.38. The van der Waals surface area contributed by atoms with Crippen molar-refractivity contribution in [1.29, 1.82) is 0 Å². The molecule has 8 heteroatoms. The van der Waals surface area contributed by atoms with Crippen molar-refractivity contribution in [2.45, 2.75) is 47.1 Å². The minimum Gasteiger partial charge on any atom is -0.344 e. The predicted molar refractivity (Wildman–Crippen MR) is 107 cm³/mol. The molecule has 0 aliphatic carbocycles. The number of nitrogens with one attached hydrogen (secondary N) is 2. The Labute approximate surface area is 169 Å². The number of Topliss-reactive ketones (excluding diaryl/α,β-unsaturated/α-hetero) is 1. The summed E-state index contributed by atoms with van der Waals surface area (Å²) in [6.07, 6.45) is 0. The molecule has 0 atom stereocenters. The molecular formula is C21H26FN3O4. The molecule has 0 spiro atoms. The zero-order chi connectivity index (χ0) is 22.1. The van der Waals surface area contributed by atoms with Crippen molar-refractivity contribution in [3.8, 4) is 0 Å². The lowest BCUT2D eigenvalue weighted by Gasteiger charge is -2.18. The Morgan fingerprint density at radius 2 is 1.72 bits per heavy atom. The molecule has 0 radical (unpaired) electrons. The van der Waals surface area contributed by atoms with Gasteiger partial charge in [0.1, 0.15) is 5.82 Å². The predicted octanol–water partition coefficient (Wildman–Crippen LogP) is 3.37. The van der Waals surface area contributed by atoms with E-state index in [0.29, 0.717) is 22.5 Å². The molecule has 1 aromatic carbocycles. The molecule has 156 valence electrons. The minimum absolute atomic E-state index is 0.0953. The molecule has 0 aliphatic heterocycles. The van der Waals surface area contributed by atoms with Crippen LogP contribution >= 0.6 is 0 Å². The average Bonchev–Trinajstić information content (AvgIpc) is 2.84. The van der Waals surface area contributed by atoms with Gasteiger partial charge in [0.25, 0.3) is 11.7 Å². The number of carbonyl (C=O) groups is 3. The minimum atomic E-state index is -0.926. The van der Waals surface area contributed by atoms with Crippen LogP contribution in [-0.4, -0.2) is 27.8 Å². The van der Waals surface area contributed by atoms with Crippen molar-refractivity contribution in [2.75, 3.05) is 5.32 Å². The molecule has 1 aromatic heterocycles. The average molecular weight is 403 g/mol. The van der Waals surface area contributed by atoms with Crippen LogP contribution in [0.2, 0.25) is 0 Å². The van der Waals surface area contributed by atoms with Crippen LogP contribution < -0.4 is 10.8 Å². The second-order valence-corrected chi connectivity index (χ2v) is 7.89. The molecule has 0 unspecified atom stereocenters. The molecule has 0 saturated heterocycles. The maximum Gasteiger partial charge on any atom is 0.317 e. The Kier molecular flexibility index (Phi) is 6.27. The van der Waals surface area contributed by atoms with Crippen LogP contribution in [0.15, 0.2) is 18.2 Å². The Balaban J connectivity index is 2.31. The number of halogens is 1. The number of aryl methyl sites for hydroxylation is 1. The first-order valence-corrected chi connectivity index (χ1v) is 9.09. The monoisotopic (exact) mass is 403 g/mol. The van der Waals surface area contributed by atoms with Crippen LogP contribution in [0.5, 0.6) is 0 Å². The third-order valence-electron chi connectivity index (χ3n) is 4.44. The summed E-state index contributed by atoms with van der Waals surface area (Å²) >= 11 is 0. The zero-order valence-corrected chi connectivity index (χ0v) is 17.7. The van der Waals surface area contributed by atoms with Gasteiger partial charge in [0.05, 0.1) is 16.9 Å². The quantitative estimate of drug-likeness (QED) is 0.455. The number of nitrogens with zero attached hydrogens (tertiary/aromatic N) is 1. The number of rotatable bonds is 5. The first kappa shape index (κ1) is 22.3. The Morgan fingerprint density at radius 3 is 2.28 bits per heavy atom. The fourth-order valence-electron chi connectivity index (χ4n) is 2.90. The van der Waals surface area contributed by atoms with Gasteiger partial charge in [-0.25, -0.2) is 9.87 Å². The van der Waals surface area contributed by atoms with Crippen molar-refractivity contribution >= 4 is 23.3 Å². The van der Waals surface area contributed by atoms with E-state index in [1.54, 1.807) is 48.6 Å². The molecular weight excluding hydrogens is 377 g/mol. The van der Waals surface area contributed by atoms with Gasteiger partial charge in [-0.3, -0.25) is 19.2 Å². The van der Waals surface area contributed by atoms with Gasteiger partial charge >= 0.3 is 5.91 Å². The number of hydrogen-bond donors (Lipinski definition) is 2. The lowest BCUT2D eigenvalue weighted by atomic mass is 10.1. The van der Waals surface area contributed by atoms with E-state index in [-0.39, 0.29) is 17.1 Å². The van der Waals surface area contributed by atoms with E-state index in [0.717, 1.165) is 0 Å². The molecule has 1 heterocycles. The van der Waals surface area contributed by atoms with Crippen molar-refractivity contribution in [1.82, 2.24) is 10.0 Å². The Bertz CT molecular complexity index is 987. The summed E-state index contributed by atoms with van der Waals surface area (Å²) in [5.41, 5.74) is 3.59. The van der Waals surface area contributed by atoms with Gasteiger partial charge in [0, 0.05) is 18.4 Å². The van der Waals surface area contributed by atoms with E-state index >= 15 is 0 Å². The number of amides is 2. The molecule has 0 saturated carbocycles. The number of ketones is 1. The van der Waals surface area contributed by atoms with Gasteiger partial charge in [0.2, 0.25) is 0 Å². The van der Waals surface area contributed by atoms with E-state index in [9.17, 15) is 18.8 Å². The summed E-state index contributed by atoms with van der Waals surface area (Å²) in [7, 11) is 1.60. The first-order chi connectivity index (χ1) is 13.3. The number of aromatic nitrogens is 1. The van der Waals surface area contributed by atoms with Crippen molar-refractivity contribution < 1.29 is 23.6 Å². The fraction of sp³-hybridized carbons (Fsp3) is 0.381. The lowest BCUT2D eigenvalue weighted by molar-refractivity contribution is -0.140. The number of hydroxylamine groups is 1. The van der Waals surface area contributed by atoms with E-state index in [1.807, 2.05) is 0 Å². The highest BCUT2D eigenvalue weighted by Gasteiger charge is 2.29. The molecule has 0 bridgehead atoms. The topological polar surface area (TPSA) is 89.4 Å². The van der Waals surface area contributed by atoms with E-state index in [1.165, 1.54) is 22.8 Å². The molecule has 0 fully saturated rings. The van der Waals surface area contributed by atoms with Gasteiger partial charge < -0.3 is 9.88 Å². The molecule has 7 nitrogen and oxygen atoms in total. The van der Waals surface area contributed by atoms with Gasteiger partial charge in [-0.2, -0.15) is 0 Å². The summed E-state index contributed by atoms with van der Waals surface area (Å²) in [4.78, 5) is 42.8. The van der Waals surface area contributed by atoms with Gasteiger partial charge in [-0.15, -0.1) is 0 Å². The second kappa shape index (κ2) is 8.16. The zero-order valence-electron chi connectivity index (χ0n) is 17.7. The molecule has 2 N–H and O–H groups in total. The van der Waals surface area contributed by atoms with Crippen molar-refractivity contribution in [2.24, 2.45) is 7.05 Å². The third kappa shape index (κ3) is 4.89. The first-order valence-electron chi connectivity index (χ1n) is 9.09. The fourth-order valence-corrected chi connectivity index (χ4v) is 2.90. The van der Waals surface area contributed by atoms with Crippen LogP contribution in [0, 0.1) is 26.6 Å². The number of carbonyl (C=O) groups excluding carboxylic acids is 3. The number of benzene rings is 1. The van der Waals surface area contributed by atoms with Crippen LogP contribution in [0.4, 0.5) is 10.1 Å². The third-order valence-corrected chi connectivity index (χ3v) is 4.44. The normalized spacial score (nSPS) is 11.3. The summed E-state index contributed by atoms with van der Waals surface area (Å²) < 4.78 is 14.9. The highest BCUT2D eigenvalue weighted by atomic mass is 19.1. The van der Waals surface area contributed by atoms with E-state index < -0.39 is 23.2 Å². The summed E-state index contributed by atoms with van der Waals surface area (Å²) in [6.45, 7) is 10.1. The molecule has 0 aliphatic rings. The summed E-state index contributed by atoms with van der Waals surface area (Å²) in [5, 5.41) is 2.71. The standard InChI is InChI=1S/C21H26FN3O4/c1-11-10-14(8-9-15(11)22)23-19(27)16-12(2)17(25(7)13(16)3)18(26)20(28)24-29-21(4,5)6/h8-10H,1-7H3,(H,23,27)(H,24,28). The number of anilines is 1. The molecule has 2 aromatic rings. The van der Waals surface area contributed by atoms with Crippen molar-refractivity contribution in [3.63, 3.8) is 0 Å².